The number of nitrogens with zero attached hydrogens (tertiary/aromatic N) is 1. The van der Waals surface area contributed by atoms with E-state index < -0.39 is 26.7 Å². The Kier molecular flexibility index (Phi) is 4.79. The van der Waals surface area contributed by atoms with Gasteiger partial charge >= 0.3 is 0 Å². The molecule has 4 N–H and O–H groups in total. The Hall–Kier alpha value is -1.26. The smallest absolute Gasteiger partial charge is 0.273 e. The maximum absolute atomic E-state index is 12.2. The van der Waals surface area contributed by atoms with Crippen molar-refractivity contribution in [2.75, 3.05) is 11.5 Å². The zero-order chi connectivity index (χ0) is 15.6. The number of carbonyl (C=O) groups is 1. The second-order valence-corrected chi connectivity index (χ2v) is 8.07. The molecule has 1 aliphatic heterocycles. The highest BCUT2D eigenvalue weighted by Crippen LogP contribution is 2.18. The molecule has 21 heavy (non-hydrogen) atoms. The molecule has 0 aliphatic carbocycles. The molecule has 118 valence electrons. The fourth-order valence-electron chi connectivity index (χ4n) is 2.26. The second-order valence-electron chi connectivity index (χ2n) is 4.87. The predicted octanol–water partition coefficient (Wildman–Crippen LogP) is -0.740. The summed E-state index contributed by atoms with van der Waals surface area (Å²) in [5, 5.41) is 14.2. The van der Waals surface area contributed by atoms with E-state index in [1.54, 1.807) is 6.92 Å². The van der Waals surface area contributed by atoms with Crippen molar-refractivity contribution in [3.8, 4) is 0 Å². The Balaban J connectivity index is 2.20. The minimum atomic E-state index is -4.03. The average Bonchev–Trinajstić information content (AvgIpc) is 2.85. The van der Waals surface area contributed by atoms with Gasteiger partial charge in [-0.2, -0.15) is 5.10 Å². The topological polar surface area (TPSA) is 135 Å². The van der Waals surface area contributed by atoms with E-state index in [1.807, 2.05) is 0 Å². The molecule has 10 heteroatoms. The number of hydrogen-bond acceptors (Lipinski definition) is 5. The van der Waals surface area contributed by atoms with E-state index in [2.05, 4.69) is 15.5 Å². The molecule has 2 rings (SSSR count). The number of rotatable bonds is 4. The number of primary sulfonamides is 1. The standard InChI is InChI=1S/C11H18N4O4S2/c1-2-8-10(21(12,18)19)9(15-14-8)11(16)13-7-3-5-20(17)6-4-7/h7H,2-6H2,1H3,(H,13,16)(H,14,15)(H2,12,18,19). The molecular formula is C11H18N4O4S2. The zero-order valence-corrected chi connectivity index (χ0v) is 13.2. The minimum absolute atomic E-state index is 0.120. The van der Waals surface area contributed by atoms with Crippen molar-refractivity contribution in [2.45, 2.75) is 37.1 Å². The third-order valence-electron chi connectivity index (χ3n) is 3.37. The Morgan fingerprint density at radius 1 is 1.48 bits per heavy atom. The van der Waals surface area contributed by atoms with Crippen LogP contribution in [0.15, 0.2) is 4.90 Å². The fourth-order valence-corrected chi connectivity index (χ4v) is 4.50. The SMILES string of the molecule is CCc1[nH]nc(C(=O)NC2CCS(=O)CC2)c1S(N)(=O)=O. The molecule has 0 aromatic carbocycles. The van der Waals surface area contributed by atoms with Gasteiger partial charge in [-0.1, -0.05) is 6.92 Å². The first-order valence-electron chi connectivity index (χ1n) is 6.58. The zero-order valence-electron chi connectivity index (χ0n) is 11.6. The summed E-state index contributed by atoms with van der Waals surface area (Å²) < 4.78 is 34.5. The molecule has 2 heterocycles. The van der Waals surface area contributed by atoms with Crippen molar-refractivity contribution in [3.63, 3.8) is 0 Å². The predicted molar refractivity (Wildman–Crippen MR) is 77.7 cm³/mol. The maximum atomic E-state index is 12.2. The van der Waals surface area contributed by atoms with E-state index in [0.717, 1.165) is 0 Å². The van der Waals surface area contributed by atoms with Gasteiger partial charge in [0.25, 0.3) is 5.91 Å². The molecule has 8 nitrogen and oxygen atoms in total. The molecule has 1 aromatic rings. The number of aromatic amines is 1. The van der Waals surface area contributed by atoms with Gasteiger partial charge in [-0.25, -0.2) is 13.6 Å². The van der Waals surface area contributed by atoms with Gasteiger partial charge in [0.2, 0.25) is 10.0 Å². The van der Waals surface area contributed by atoms with E-state index in [0.29, 0.717) is 36.5 Å². The van der Waals surface area contributed by atoms with Crippen molar-refractivity contribution in [1.29, 1.82) is 0 Å². The lowest BCUT2D eigenvalue weighted by Gasteiger charge is -2.22. The van der Waals surface area contributed by atoms with Crippen molar-refractivity contribution in [2.24, 2.45) is 5.14 Å². The van der Waals surface area contributed by atoms with E-state index >= 15 is 0 Å². The van der Waals surface area contributed by atoms with Crippen molar-refractivity contribution in [3.05, 3.63) is 11.4 Å². The molecular weight excluding hydrogens is 316 g/mol. The molecule has 0 unspecified atom stereocenters. The van der Waals surface area contributed by atoms with Crippen LogP contribution in [-0.2, 0) is 27.2 Å². The largest absolute Gasteiger partial charge is 0.348 e. The Labute approximate surface area is 125 Å². The van der Waals surface area contributed by atoms with Gasteiger partial charge in [0.15, 0.2) is 5.69 Å². The number of nitrogens with two attached hydrogens (primary N) is 1. The number of aromatic nitrogens is 2. The van der Waals surface area contributed by atoms with Crippen molar-refractivity contribution in [1.82, 2.24) is 15.5 Å². The van der Waals surface area contributed by atoms with Crippen LogP contribution in [0.25, 0.3) is 0 Å². The van der Waals surface area contributed by atoms with Crippen molar-refractivity contribution < 1.29 is 17.4 Å². The Morgan fingerprint density at radius 2 is 2.10 bits per heavy atom. The van der Waals surface area contributed by atoms with E-state index in [-0.39, 0.29) is 16.6 Å². The molecule has 0 spiro atoms. The third-order valence-corrected chi connectivity index (χ3v) is 5.76. The summed E-state index contributed by atoms with van der Waals surface area (Å²) in [4.78, 5) is 12.0. The molecule has 1 aliphatic rings. The van der Waals surface area contributed by atoms with E-state index in [9.17, 15) is 17.4 Å². The Morgan fingerprint density at radius 3 is 2.62 bits per heavy atom. The third kappa shape index (κ3) is 3.69. The monoisotopic (exact) mass is 334 g/mol. The fraction of sp³-hybridized carbons (Fsp3) is 0.636. The number of aryl methyl sites for hydroxylation is 1. The maximum Gasteiger partial charge on any atom is 0.273 e. The average molecular weight is 334 g/mol. The van der Waals surface area contributed by atoms with Crippen LogP contribution in [0.2, 0.25) is 0 Å². The summed E-state index contributed by atoms with van der Waals surface area (Å²) in [6.45, 7) is 1.74. The molecule has 0 bridgehead atoms. The number of H-pyrrole nitrogens is 1. The van der Waals surface area contributed by atoms with Crippen LogP contribution >= 0.6 is 0 Å². The molecule has 0 atom stereocenters. The lowest BCUT2D eigenvalue weighted by atomic mass is 10.1. The molecule has 1 fully saturated rings. The quantitative estimate of drug-likeness (QED) is 0.666. The summed E-state index contributed by atoms with van der Waals surface area (Å²) in [7, 11) is -4.86. The number of amides is 1. The molecule has 1 aromatic heterocycles. The van der Waals surface area contributed by atoms with Crippen molar-refractivity contribution >= 4 is 26.7 Å². The molecule has 1 saturated heterocycles. The highest BCUT2D eigenvalue weighted by atomic mass is 32.2. The van der Waals surface area contributed by atoms with Gasteiger partial charge in [0.1, 0.15) is 4.90 Å². The summed E-state index contributed by atoms with van der Waals surface area (Å²) in [5.74, 6) is 0.495. The van der Waals surface area contributed by atoms with Gasteiger partial charge in [0, 0.05) is 28.3 Å². The number of carbonyl (C=O) groups excluding carboxylic acids is 1. The van der Waals surface area contributed by atoms with E-state index in [4.69, 9.17) is 5.14 Å². The van der Waals surface area contributed by atoms with Gasteiger partial charge in [-0.15, -0.1) is 0 Å². The van der Waals surface area contributed by atoms with Crippen LogP contribution in [0.5, 0.6) is 0 Å². The van der Waals surface area contributed by atoms with Gasteiger partial charge in [-0.3, -0.25) is 14.1 Å². The molecule has 0 saturated carbocycles. The summed E-state index contributed by atoms with van der Waals surface area (Å²) >= 11 is 0. The Bertz CT molecular complexity index is 658. The normalized spacial score (nSPS) is 23.0. The first-order valence-corrected chi connectivity index (χ1v) is 9.62. The van der Waals surface area contributed by atoms with Crippen LogP contribution in [0, 0.1) is 0 Å². The lowest BCUT2D eigenvalue weighted by Crippen LogP contribution is -2.40. The van der Waals surface area contributed by atoms with Crippen LogP contribution in [0.1, 0.15) is 35.9 Å². The lowest BCUT2D eigenvalue weighted by molar-refractivity contribution is 0.0926. The van der Waals surface area contributed by atoms with Crippen LogP contribution in [-0.4, -0.2) is 46.3 Å². The number of hydrogen-bond donors (Lipinski definition) is 3. The van der Waals surface area contributed by atoms with Gasteiger partial charge in [-0.05, 0) is 19.3 Å². The van der Waals surface area contributed by atoms with Gasteiger partial charge < -0.3 is 5.32 Å². The molecule has 0 radical (unpaired) electrons. The van der Waals surface area contributed by atoms with E-state index in [1.165, 1.54) is 0 Å². The minimum Gasteiger partial charge on any atom is -0.348 e. The summed E-state index contributed by atoms with van der Waals surface area (Å²) in [6, 6.07) is -0.120. The van der Waals surface area contributed by atoms with Crippen LogP contribution < -0.4 is 10.5 Å². The highest BCUT2D eigenvalue weighted by molar-refractivity contribution is 7.89. The summed E-state index contributed by atoms with van der Waals surface area (Å²) in [5.41, 5.74) is 0.105. The van der Waals surface area contributed by atoms with Crippen LogP contribution in [0.3, 0.4) is 0 Å². The highest BCUT2D eigenvalue weighted by Gasteiger charge is 2.28. The summed E-state index contributed by atoms with van der Waals surface area (Å²) in [6.07, 6.45) is 1.58. The van der Waals surface area contributed by atoms with Gasteiger partial charge in [0.05, 0.1) is 5.69 Å². The molecule has 1 amide bonds. The number of sulfonamides is 1. The van der Waals surface area contributed by atoms with Crippen LogP contribution in [0.4, 0.5) is 0 Å². The first kappa shape index (κ1) is 16.1. The number of nitrogens with one attached hydrogen (secondary N) is 2. The first-order chi connectivity index (χ1) is 9.82. The second kappa shape index (κ2) is 6.24.